The van der Waals surface area contributed by atoms with Crippen molar-refractivity contribution in [2.75, 3.05) is 24.6 Å². The minimum Gasteiger partial charge on any atom is -0.300 e. The molecule has 0 N–H and O–H groups in total. The molecule has 4 heterocycles. The fourth-order valence-corrected chi connectivity index (χ4v) is 7.30. The Bertz CT molecular complexity index is 831. The molecule has 4 nitrogen and oxygen atoms in total. The van der Waals surface area contributed by atoms with Gasteiger partial charge in [0.2, 0.25) is 0 Å². The van der Waals surface area contributed by atoms with Crippen molar-refractivity contribution in [2.24, 2.45) is 17.3 Å². The molecule has 27 heavy (non-hydrogen) atoms. The molecule has 4 fully saturated rings. The normalized spacial score (nSPS) is 34.0. The summed E-state index contributed by atoms with van der Waals surface area (Å²) in [5.74, 6) is 5.35. The van der Waals surface area contributed by atoms with E-state index < -0.39 is 0 Å². The van der Waals surface area contributed by atoms with Crippen LogP contribution in [0.2, 0.25) is 0 Å². The van der Waals surface area contributed by atoms with E-state index in [9.17, 15) is 0 Å². The molecule has 2 saturated carbocycles. The summed E-state index contributed by atoms with van der Waals surface area (Å²) in [6, 6.07) is 9.26. The Morgan fingerprint density at radius 2 is 2.04 bits per heavy atom. The monoisotopic (exact) mass is 380 g/mol. The lowest BCUT2D eigenvalue weighted by Gasteiger charge is -2.38. The molecule has 2 atom stereocenters. The molecule has 2 aromatic rings. The molecule has 2 aliphatic heterocycles. The Hall–Kier alpha value is -1.33. The minimum atomic E-state index is 0.704. The first kappa shape index (κ1) is 16.6. The van der Waals surface area contributed by atoms with Gasteiger partial charge in [-0.2, -0.15) is 16.9 Å². The Kier molecular flexibility index (Phi) is 3.74. The average molecular weight is 381 g/mol. The Balaban J connectivity index is 1.16. The highest BCUT2D eigenvalue weighted by molar-refractivity contribution is 8.00. The fourth-order valence-electron chi connectivity index (χ4n) is 6.05. The van der Waals surface area contributed by atoms with Crippen LogP contribution < -0.4 is 0 Å². The van der Waals surface area contributed by atoms with Crippen LogP contribution in [0.4, 0.5) is 0 Å². The zero-order chi connectivity index (χ0) is 18.0. The van der Waals surface area contributed by atoms with Gasteiger partial charge >= 0.3 is 0 Å². The summed E-state index contributed by atoms with van der Waals surface area (Å²) in [5.41, 5.74) is 4.20. The smallest absolute Gasteiger partial charge is 0.111 e. The summed E-state index contributed by atoms with van der Waals surface area (Å²) < 4.78 is 2.23. The number of aromatic nitrogens is 3. The lowest BCUT2D eigenvalue weighted by Crippen LogP contribution is -2.41. The van der Waals surface area contributed by atoms with Gasteiger partial charge in [-0.25, -0.2) is 0 Å². The van der Waals surface area contributed by atoms with E-state index in [0.717, 1.165) is 41.7 Å². The third-order valence-electron chi connectivity index (χ3n) is 7.60. The van der Waals surface area contributed by atoms with Gasteiger partial charge in [-0.05, 0) is 62.8 Å². The quantitative estimate of drug-likeness (QED) is 0.806. The average Bonchev–Trinajstić information content (AvgIpc) is 3.16. The SMILES string of the molecule is CCn1nc(-c2ccccn2)cc1C1C2CC(N3CCC4(CSC4)C3)CC21. The number of nitrogens with zero attached hydrogens (tertiary/aromatic N) is 4. The molecule has 0 amide bonds. The second-order valence-corrected chi connectivity index (χ2v) is 10.2. The number of likely N-dealkylation sites (tertiary alicyclic amines) is 1. The van der Waals surface area contributed by atoms with E-state index in [-0.39, 0.29) is 0 Å². The highest BCUT2D eigenvalue weighted by Crippen LogP contribution is 2.64. The number of hydrogen-bond donors (Lipinski definition) is 0. The molecule has 2 saturated heterocycles. The van der Waals surface area contributed by atoms with E-state index in [2.05, 4.69) is 45.4 Å². The number of thioether (sulfide) groups is 1. The predicted octanol–water partition coefficient (Wildman–Crippen LogP) is 3.90. The number of aryl methyl sites for hydroxylation is 1. The first-order valence-electron chi connectivity index (χ1n) is 10.6. The fraction of sp³-hybridized carbons (Fsp3) is 0.636. The van der Waals surface area contributed by atoms with Gasteiger partial charge < -0.3 is 0 Å². The molecule has 142 valence electrons. The highest BCUT2D eigenvalue weighted by atomic mass is 32.2. The Morgan fingerprint density at radius 1 is 1.19 bits per heavy atom. The molecule has 0 bridgehead atoms. The second-order valence-electron chi connectivity index (χ2n) is 9.18. The van der Waals surface area contributed by atoms with Crippen molar-refractivity contribution >= 4 is 11.8 Å². The van der Waals surface area contributed by atoms with Gasteiger partial charge in [0.25, 0.3) is 0 Å². The first-order valence-corrected chi connectivity index (χ1v) is 11.7. The van der Waals surface area contributed by atoms with Gasteiger partial charge in [-0.15, -0.1) is 0 Å². The van der Waals surface area contributed by atoms with Gasteiger partial charge in [0.05, 0.1) is 5.69 Å². The molecular weight excluding hydrogens is 352 g/mol. The predicted molar refractivity (Wildman–Crippen MR) is 110 cm³/mol. The number of hydrogen-bond acceptors (Lipinski definition) is 4. The lowest BCUT2D eigenvalue weighted by atomic mass is 9.91. The maximum absolute atomic E-state index is 4.86. The highest BCUT2D eigenvalue weighted by Gasteiger charge is 2.59. The summed E-state index contributed by atoms with van der Waals surface area (Å²) in [6.07, 6.45) is 6.13. The zero-order valence-corrected chi connectivity index (χ0v) is 16.9. The van der Waals surface area contributed by atoms with Gasteiger partial charge in [0.1, 0.15) is 5.69 Å². The maximum Gasteiger partial charge on any atom is 0.111 e. The van der Waals surface area contributed by atoms with Crippen LogP contribution in [0.5, 0.6) is 0 Å². The first-order chi connectivity index (χ1) is 13.3. The number of fused-ring (bicyclic) bond motifs is 1. The minimum absolute atomic E-state index is 0.704. The zero-order valence-electron chi connectivity index (χ0n) is 16.1. The van der Waals surface area contributed by atoms with Crippen LogP contribution in [-0.4, -0.2) is 50.3 Å². The van der Waals surface area contributed by atoms with Crippen LogP contribution in [0.15, 0.2) is 30.5 Å². The van der Waals surface area contributed by atoms with Crippen LogP contribution in [0.3, 0.4) is 0 Å². The second kappa shape index (κ2) is 6.08. The topological polar surface area (TPSA) is 34.0 Å². The molecule has 0 aromatic carbocycles. The standard InChI is InChI=1S/C22H28N4S/c1-2-26-20(11-19(24-26)18-5-3-4-7-23-18)21-16-9-15(10-17(16)21)25-8-6-22(12-25)13-27-14-22/h3-5,7,11,15-17,21H,2,6,8-10,12-14H2,1H3. The van der Waals surface area contributed by atoms with E-state index in [1.165, 1.54) is 49.6 Å². The van der Waals surface area contributed by atoms with Crippen LogP contribution >= 0.6 is 11.8 Å². The molecule has 2 aromatic heterocycles. The molecule has 6 rings (SSSR count). The molecule has 2 aliphatic carbocycles. The van der Waals surface area contributed by atoms with Crippen molar-refractivity contribution in [1.82, 2.24) is 19.7 Å². The van der Waals surface area contributed by atoms with Crippen molar-refractivity contribution in [3.05, 3.63) is 36.2 Å². The summed E-state index contributed by atoms with van der Waals surface area (Å²) in [7, 11) is 0. The van der Waals surface area contributed by atoms with Crippen molar-refractivity contribution in [2.45, 2.75) is 44.7 Å². The van der Waals surface area contributed by atoms with Crippen molar-refractivity contribution in [3.8, 4) is 11.4 Å². The van der Waals surface area contributed by atoms with Crippen molar-refractivity contribution in [3.63, 3.8) is 0 Å². The molecule has 0 radical (unpaired) electrons. The third kappa shape index (κ3) is 2.61. The summed E-state index contributed by atoms with van der Waals surface area (Å²) in [6.45, 7) is 5.89. The molecule has 4 aliphatic rings. The van der Waals surface area contributed by atoms with Crippen LogP contribution in [-0.2, 0) is 6.54 Å². The summed E-state index contributed by atoms with van der Waals surface area (Å²) >= 11 is 2.15. The van der Waals surface area contributed by atoms with Gasteiger partial charge in [0.15, 0.2) is 0 Å². The molecule has 2 unspecified atom stereocenters. The van der Waals surface area contributed by atoms with Crippen LogP contribution in [0.25, 0.3) is 11.4 Å². The van der Waals surface area contributed by atoms with Crippen LogP contribution in [0, 0.1) is 17.3 Å². The van der Waals surface area contributed by atoms with E-state index in [1.807, 2.05) is 18.3 Å². The Morgan fingerprint density at radius 3 is 2.67 bits per heavy atom. The van der Waals surface area contributed by atoms with E-state index in [0.29, 0.717) is 5.41 Å². The Labute approximate surface area is 165 Å². The van der Waals surface area contributed by atoms with Crippen molar-refractivity contribution < 1.29 is 0 Å². The molecule has 5 heteroatoms. The summed E-state index contributed by atoms with van der Waals surface area (Å²) in [5, 5.41) is 4.86. The van der Waals surface area contributed by atoms with Gasteiger partial charge in [-0.1, -0.05) is 6.07 Å². The largest absolute Gasteiger partial charge is 0.300 e. The summed E-state index contributed by atoms with van der Waals surface area (Å²) in [4.78, 5) is 7.34. The lowest BCUT2D eigenvalue weighted by molar-refractivity contribution is 0.204. The molecular formula is C22H28N4S. The van der Waals surface area contributed by atoms with E-state index in [4.69, 9.17) is 5.10 Å². The van der Waals surface area contributed by atoms with E-state index in [1.54, 1.807) is 0 Å². The number of pyridine rings is 1. The number of rotatable bonds is 4. The molecule has 1 spiro atoms. The van der Waals surface area contributed by atoms with Crippen molar-refractivity contribution in [1.29, 1.82) is 0 Å². The maximum atomic E-state index is 4.86. The third-order valence-corrected chi connectivity index (χ3v) is 9.23. The van der Waals surface area contributed by atoms with E-state index >= 15 is 0 Å². The van der Waals surface area contributed by atoms with Gasteiger partial charge in [-0.3, -0.25) is 14.6 Å². The van der Waals surface area contributed by atoms with Crippen LogP contribution in [0.1, 0.15) is 37.8 Å². The van der Waals surface area contributed by atoms with Gasteiger partial charge in [0, 0.05) is 53.9 Å².